The number of nitrogens with zero attached hydrogens (tertiary/aromatic N) is 2. The molecule has 1 aliphatic rings. The molecule has 0 bridgehead atoms. The van der Waals surface area contributed by atoms with Crippen molar-refractivity contribution >= 4 is 22.7 Å². The van der Waals surface area contributed by atoms with E-state index < -0.39 is 6.09 Å². The zero-order valence-electron chi connectivity index (χ0n) is 20.6. The molecule has 1 saturated heterocycles. The van der Waals surface area contributed by atoms with Crippen molar-refractivity contribution in [2.75, 3.05) is 31.1 Å². The highest BCUT2D eigenvalue weighted by atomic mass is 16.5. The molecule has 0 radical (unpaired) electrons. The van der Waals surface area contributed by atoms with Crippen LogP contribution in [0.4, 0.5) is 10.6 Å². The lowest BCUT2D eigenvalue weighted by Crippen LogP contribution is -2.41. The molecule has 2 heterocycles. The van der Waals surface area contributed by atoms with Crippen LogP contribution in [0.3, 0.4) is 0 Å². The van der Waals surface area contributed by atoms with Crippen molar-refractivity contribution in [2.24, 2.45) is 0 Å². The Morgan fingerprint density at radius 3 is 2.70 bits per heavy atom. The van der Waals surface area contributed by atoms with Gasteiger partial charge in [0.1, 0.15) is 18.2 Å². The van der Waals surface area contributed by atoms with Crippen molar-refractivity contribution in [3.63, 3.8) is 0 Å². The minimum Gasteiger partial charge on any atom is -0.492 e. The van der Waals surface area contributed by atoms with Gasteiger partial charge in [-0.15, -0.1) is 0 Å². The van der Waals surface area contributed by atoms with Crippen LogP contribution in [0.2, 0.25) is 0 Å². The summed E-state index contributed by atoms with van der Waals surface area (Å²) in [6.45, 7) is 2.69. The quantitative estimate of drug-likeness (QED) is 0.319. The number of aromatic nitrogens is 1. The van der Waals surface area contributed by atoms with Crippen molar-refractivity contribution < 1.29 is 19.4 Å². The molecule has 2 N–H and O–H groups in total. The topological polar surface area (TPSA) is 83.9 Å². The summed E-state index contributed by atoms with van der Waals surface area (Å²) >= 11 is 0. The fourth-order valence-electron chi connectivity index (χ4n) is 4.83. The Balaban J connectivity index is 1.21. The Hall–Kier alpha value is -3.94. The van der Waals surface area contributed by atoms with Gasteiger partial charge < -0.3 is 19.9 Å². The number of carbonyl (C=O) groups is 1. The fourth-order valence-corrected chi connectivity index (χ4v) is 4.83. The first-order chi connectivity index (χ1) is 18.2. The van der Waals surface area contributed by atoms with E-state index in [4.69, 9.17) is 9.47 Å². The van der Waals surface area contributed by atoms with E-state index in [2.05, 4.69) is 58.8 Å². The maximum Gasteiger partial charge on any atom is 0.413 e. The summed E-state index contributed by atoms with van der Waals surface area (Å²) < 4.78 is 12.4. The van der Waals surface area contributed by atoms with E-state index in [9.17, 15) is 9.90 Å². The Kier molecular flexibility index (Phi) is 7.93. The van der Waals surface area contributed by atoms with Gasteiger partial charge in [-0.3, -0.25) is 4.90 Å². The number of fused-ring (bicyclic) bond motifs is 1. The molecule has 0 saturated carbocycles. The first-order valence-corrected chi connectivity index (χ1v) is 12.6. The van der Waals surface area contributed by atoms with Crippen molar-refractivity contribution in [3.8, 4) is 5.75 Å². The monoisotopic (exact) mass is 497 g/mol. The number of nitrogens with one attached hydrogen (secondary N) is 1. The number of ether oxygens (including phenoxy) is 2. The molecule has 37 heavy (non-hydrogen) atoms. The van der Waals surface area contributed by atoms with E-state index >= 15 is 0 Å². The number of hydrogen-bond acceptors (Lipinski definition) is 5. The molecule has 3 aromatic carbocycles. The Labute approximate surface area is 216 Å². The SMILES string of the molecule is O=C(O)N(CCOc1cccc(C2CCNCC2OCc2ccc3ccccc3c2)c1)c1ccccn1. The maximum absolute atomic E-state index is 11.7. The number of anilines is 1. The van der Waals surface area contributed by atoms with Crippen LogP contribution >= 0.6 is 0 Å². The lowest BCUT2D eigenvalue weighted by molar-refractivity contribution is 0.0106. The van der Waals surface area contributed by atoms with Crippen LogP contribution < -0.4 is 15.0 Å². The van der Waals surface area contributed by atoms with Gasteiger partial charge in [-0.05, 0) is 65.2 Å². The van der Waals surface area contributed by atoms with Gasteiger partial charge >= 0.3 is 6.09 Å². The van der Waals surface area contributed by atoms with Gasteiger partial charge in [0.2, 0.25) is 0 Å². The van der Waals surface area contributed by atoms with Crippen molar-refractivity contribution in [2.45, 2.75) is 25.0 Å². The van der Waals surface area contributed by atoms with Crippen LogP contribution in [-0.2, 0) is 11.3 Å². The highest BCUT2D eigenvalue weighted by Gasteiger charge is 2.27. The van der Waals surface area contributed by atoms with Crippen LogP contribution in [0.1, 0.15) is 23.5 Å². The zero-order chi connectivity index (χ0) is 25.5. The smallest absolute Gasteiger partial charge is 0.413 e. The van der Waals surface area contributed by atoms with E-state index in [1.165, 1.54) is 21.2 Å². The molecule has 2 atom stereocenters. The molecule has 1 aromatic heterocycles. The van der Waals surface area contributed by atoms with Crippen molar-refractivity contribution in [1.82, 2.24) is 10.3 Å². The summed E-state index contributed by atoms with van der Waals surface area (Å²) in [6.07, 6.45) is 1.53. The standard InChI is InChI=1S/C30H31N3O4/c34-30(35)33(29-10-3-4-14-32-29)16-17-36-26-9-5-8-25(19-26)27-13-15-31-20-28(27)37-21-22-11-12-23-6-1-2-7-24(23)18-22/h1-12,14,18-19,27-28,31H,13,15-17,20-21H2,(H,34,35). The lowest BCUT2D eigenvalue weighted by atomic mass is 9.87. The zero-order valence-corrected chi connectivity index (χ0v) is 20.6. The molecule has 5 rings (SSSR count). The molecule has 7 heteroatoms. The van der Waals surface area contributed by atoms with Crippen LogP contribution in [0.5, 0.6) is 5.75 Å². The van der Waals surface area contributed by atoms with Gasteiger partial charge in [0.05, 0.1) is 19.3 Å². The summed E-state index contributed by atoms with van der Waals surface area (Å²) in [4.78, 5) is 17.0. The minimum absolute atomic E-state index is 0.0436. The highest BCUT2D eigenvalue weighted by Crippen LogP contribution is 2.31. The lowest BCUT2D eigenvalue weighted by Gasteiger charge is -2.32. The third-order valence-electron chi connectivity index (χ3n) is 6.73. The van der Waals surface area contributed by atoms with E-state index in [1.807, 2.05) is 18.2 Å². The van der Waals surface area contributed by atoms with Crippen LogP contribution in [0.15, 0.2) is 91.1 Å². The highest BCUT2D eigenvalue weighted by molar-refractivity contribution is 5.84. The van der Waals surface area contributed by atoms with E-state index in [0.717, 1.165) is 30.8 Å². The van der Waals surface area contributed by atoms with Gasteiger partial charge in [-0.1, -0.05) is 54.6 Å². The summed E-state index contributed by atoms with van der Waals surface area (Å²) in [6, 6.07) is 28.1. The van der Waals surface area contributed by atoms with E-state index in [1.54, 1.807) is 24.4 Å². The summed E-state index contributed by atoms with van der Waals surface area (Å²) in [5.74, 6) is 1.35. The largest absolute Gasteiger partial charge is 0.492 e. The Bertz CT molecular complexity index is 1330. The fraction of sp³-hybridized carbons (Fsp3) is 0.267. The third-order valence-corrected chi connectivity index (χ3v) is 6.73. The number of carboxylic acid groups (broad SMARTS) is 1. The van der Waals surface area contributed by atoms with E-state index in [0.29, 0.717) is 12.4 Å². The Morgan fingerprint density at radius 1 is 1.00 bits per heavy atom. The van der Waals surface area contributed by atoms with Gasteiger partial charge in [-0.2, -0.15) is 0 Å². The molecule has 1 amide bonds. The predicted molar refractivity (Wildman–Crippen MR) is 144 cm³/mol. The molecule has 1 aliphatic heterocycles. The van der Waals surface area contributed by atoms with Crippen LogP contribution in [0.25, 0.3) is 10.8 Å². The molecule has 2 unspecified atom stereocenters. The molecule has 190 valence electrons. The van der Waals surface area contributed by atoms with Gasteiger partial charge in [0.25, 0.3) is 0 Å². The van der Waals surface area contributed by atoms with Crippen LogP contribution in [-0.4, -0.2) is 48.5 Å². The summed E-state index contributed by atoms with van der Waals surface area (Å²) in [5.41, 5.74) is 2.33. The number of pyridine rings is 1. The molecular weight excluding hydrogens is 466 g/mol. The summed E-state index contributed by atoms with van der Waals surface area (Å²) in [7, 11) is 0. The average molecular weight is 498 g/mol. The molecule has 0 spiro atoms. The minimum atomic E-state index is -1.06. The second-order valence-corrected chi connectivity index (χ2v) is 9.17. The number of rotatable bonds is 9. The second kappa shape index (κ2) is 11.9. The average Bonchev–Trinajstić information content (AvgIpc) is 2.95. The number of amides is 1. The summed E-state index contributed by atoms with van der Waals surface area (Å²) in [5, 5.41) is 15.5. The normalized spacial score (nSPS) is 17.4. The number of piperidine rings is 1. The predicted octanol–water partition coefficient (Wildman–Crippen LogP) is 5.46. The molecule has 0 aliphatic carbocycles. The van der Waals surface area contributed by atoms with Crippen molar-refractivity contribution in [3.05, 3.63) is 102 Å². The Morgan fingerprint density at radius 2 is 1.86 bits per heavy atom. The molecule has 4 aromatic rings. The molecule has 1 fully saturated rings. The maximum atomic E-state index is 11.7. The van der Waals surface area contributed by atoms with E-state index in [-0.39, 0.29) is 25.2 Å². The number of benzene rings is 3. The van der Waals surface area contributed by atoms with Crippen molar-refractivity contribution in [1.29, 1.82) is 0 Å². The van der Waals surface area contributed by atoms with Crippen LogP contribution in [0, 0.1) is 0 Å². The van der Waals surface area contributed by atoms with Gasteiger partial charge in [-0.25, -0.2) is 9.78 Å². The number of hydrogen-bond donors (Lipinski definition) is 2. The van der Waals surface area contributed by atoms with Gasteiger partial charge in [0, 0.05) is 18.7 Å². The first-order valence-electron chi connectivity index (χ1n) is 12.6. The first kappa shape index (κ1) is 24.7. The molecule has 7 nitrogen and oxygen atoms in total. The van der Waals surface area contributed by atoms with Gasteiger partial charge in [0.15, 0.2) is 0 Å². The third kappa shape index (κ3) is 6.25. The molecular formula is C30H31N3O4. The second-order valence-electron chi connectivity index (χ2n) is 9.17.